The van der Waals surface area contributed by atoms with E-state index >= 15 is 0 Å². The summed E-state index contributed by atoms with van der Waals surface area (Å²) in [6, 6.07) is 5.88. The summed E-state index contributed by atoms with van der Waals surface area (Å²) in [5.74, 6) is 0.106. The molecule has 0 saturated heterocycles. The largest absolute Gasteiger partial charge is 0.481 e. The summed E-state index contributed by atoms with van der Waals surface area (Å²) in [5, 5.41) is 8.83. The predicted molar refractivity (Wildman–Crippen MR) is 120 cm³/mol. The monoisotopic (exact) mass is 472 g/mol. The van der Waals surface area contributed by atoms with Gasteiger partial charge in [-0.2, -0.15) is 0 Å². The lowest BCUT2D eigenvalue weighted by atomic mass is 9.55. The fraction of sp³-hybridized carbons (Fsp3) is 0.615. The Hall–Kier alpha value is -2.90. The van der Waals surface area contributed by atoms with Gasteiger partial charge in [0.15, 0.2) is 0 Å². The maximum atomic E-state index is 12.2. The maximum absolute atomic E-state index is 12.2. The topological polar surface area (TPSA) is 116 Å². The van der Waals surface area contributed by atoms with E-state index in [1.54, 1.807) is 0 Å². The molecule has 3 aliphatic carbocycles. The zero-order valence-electron chi connectivity index (χ0n) is 19.5. The summed E-state index contributed by atoms with van der Waals surface area (Å²) in [5.41, 5.74) is 2.47. The van der Waals surface area contributed by atoms with Gasteiger partial charge in [0.2, 0.25) is 0 Å². The number of hydrogen-bond acceptors (Lipinski definition) is 7. The number of carboxylic acids is 1. The second-order valence-corrected chi connectivity index (χ2v) is 9.96. The average Bonchev–Trinajstić information content (AvgIpc) is 3.13. The van der Waals surface area contributed by atoms with Gasteiger partial charge in [-0.3, -0.25) is 19.2 Å². The lowest BCUT2D eigenvalue weighted by Crippen LogP contribution is -2.45. The molecular formula is C26H32O8. The van der Waals surface area contributed by atoms with Crippen LogP contribution in [-0.2, 0) is 35.1 Å². The van der Waals surface area contributed by atoms with Gasteiger partial charge in [-0.25, -0.2) is 0 Å². The third kappa shape index (κ3) is 4.95. The molecule has 4 rings (SSSR count). The molecule has 0 heterocycles. The minimum absolute atomic E-state index is 0.00699. The van der Waals surface area contributed by atoms with Crippen LogP contribution in [0, 0.1) is 17.3 Å². The van der Waals surface area contributed by atoms with E-state index in [1.807, 2.05) is 12.1 Å². The summed E-state index contributed by atoms with van der Waals surface area (Å²) in [4.78, 5) is 45.1. The Balaban J connectivity index is 1.41. The van der Waals surface area contributed by atoms with Crippen molar-refractivity contribution in [2.75, 3.05) is 6.61 Å². The summed E-state index contributed by atoms with van der Waals surface area (Å²) >= 11 is 0. The van der Waals surface area contributed by atoms with Crippen molar-refractivity contribution in [3.05, 3.63) is 29.3 Å². The van der Waals surface area contributed by atoms with Crippen LogP contribution in [0.15, 0.2) is 18.2 Å². The average molecular weight is 473 g/mol. The highest BCUT2D eigenvalue weighted by Gasteiger charge is 2.56. The molecule has 0 bridgehead atoms. The predicted octanol–water partition coefficient (Wildman–Crippen LogP) is 3.79. The third-order valence-corrected chi connectivity index (χ3v) is 8.15. The Kier molecular flexibility index (Phi) is 7.24. The molecular weight excluding hydrogens is 440 g/mol. The lowest BCUT2D eigenvalue weighted by Gasteiger charge is -2.50. The van der Waals surface area contributed by atoms with Crippen molar-refractivity contribution >= 4 is 24.4 Å². The molecule has 1 N–H and O–H groups in total. The van der Waals surface area contributed by atoms with E-state index in [-0.39, 0.29) is 37.4 Å². The molecule has 2 fully saturated rings. The highest BCUT2D eigenvalue weighted by atomic mass is 16.5. The van der Waals surface area contributed by atoms with E-state index in [2.05, 4.69) is 17.7 Å². The van der Waals surface area contributed by atoms with Crippen LogP contribution in [-0.4, -0.2) is 42.2 Å². The fourth-order valence-corrected chi connectivity index (χ4v) is 6.57. The van der Waals surface area contributed by atoms with Crippen molar-refractivity contribution in [1.82, 2.24) is 0 Å². The molecule has 184 valence electrons. The molecule has 1 aromatic rings. The van der Waals surface area contributed by atoms with E-state index in [1.165, 1.54) is 11.1 Å². The van der Waals surface area contributed by atoms with E-state index in [4.69, 9.17) is 14.6 Å². The fourth-order valence-electron chi connectivity index (χ4n) is 6.57. The number of rotatable bonds is 9. The van der Waals surface area contributed by atoms with Crippen LogP contribution in [0.5, 0.6) is 5.75 Å². The molecule has 3 aliphatic rings. The molecule has 1 aromatic carbocycles. The van der Waals surface area contributed by atoms with Crippen molar-refractivity contribution in [2.24, 2.45) is 17.3 Å². The molecule has 8 nitrogen and oxygen atoms in total. The number of hydrogen-bond donors (Lipinski definition) is 1. The minimum atomic E-state index is -0.987. The van der Waals surface area contributed by atoms with Crippen LogP contribution in [0.1, 0.15) is 75.3 Å². The Morgan fingerprint density at radius 2 is 1.91 bits per heavy atom. The number of carboxylic acid groups (broad SMARTS) is 1. The van der Waals surface area contributed by atoms with Gasteiger partial charge in [0, 0.05) is 5.41 Å². The van der Waals surface area contributed by atoms with Crippen LogP contribution >= 0.6 is 0 Å². The Morgan fingerprint density at radius 3 is 2.68 bits per heavy atom. The minimum Gasteiger partial charge on any atom is -0.481 e. The Labute approximate surface area is 198 Å². The zero-order valence-corrected chi connectivity index (χ0v) is 19.5. The Bertz CT molecular complexity index is 956. The standard InChI is InChI=1S/C26H32O8/c1-26-12-10-19-18-5-3-17(33-25(31)11-13-32-15-27)14-16(18)2-4-20(19)21(26)6-7-22(26)34-24(30)9-8-23(28)29/h3,5,14-15,19-22H,2,4,6-13H2,1H3,(H,28,29)/t19?,20?,21?,22-,26-/m0/s1. The summed E-state index contributed by atoms with van der Waals surface area (Å²) in [6.45, 7) is 2.56. The number of aliphatic carboxylic acids is 1. The van der Waals surface area contributed by atoms with Crippen LogP contribution in [0.3, 0.4) is 0 Å². The first-order valence-electron chi connectivity index (χ1n) is 12.1. The molecule has 8 heteroatoms. The highest BCUT2D eigenvalue weighted by molar-refractivity contribution is 5.76. The molecule has 5 atom stereocenters. The molecule has 0 spiro atoms. The van der Waals surface area contributed by atoms with E-state index in [0.717, 1.165) is 38.5 Å². The van der Waals surface area contributed by atoms with Gasteiger partial charge in [-0.05, 0) is 79.5 Å². The van der Waals surface area contributed by atoms with Crippen LogP contribution in [0.2, 0.25) is 0 Å². The van der Waals surface area contributed by atoms with Crippen molar-refractivity contribution in [3.8, 4) is 5.75 Å². The number of esters is 2. The zero-order chi connectivity index (χ0) is 24.3. The van der Waals surface area contributed by atoms with Crippen molar-refractivity contribution in [1.29, 1.82) is 0 Å². The first-order chi connectivity index (χ1) is 16.3. The van der Waals surface area contributed by atoms with Gasteiger partial charge in [-0.1, -0.05) is 13.0 Å². The molecule has 0 amide bonds. The van der Waals surface area contributed by atoms with Crippen molar-refractivity contribution < 1.29 is 38.5 Å². The van der Waals surface area contributed by atoms with Gasteiger partial charge in [0.05, 0.1) is 19.3 Å². The molecule has 0 radical (unpaired) electrons. The molecule has 0 aliphatic heterocycles. The number of aryl methyl sites for hydroxylation is 1. The van der Waals surface area contributed by atoms with E-state index < -0.39 is 17.9 Å². The molecule has 2 saturated carbocycles. The van der Waals surface area contributed by atoms with Crippen LogP contribution in [0.25, 0.3) is 0 Å². The number of carbonyl (C=O) groups is 4. The van der Waals surface area contributed by atoms with Crippen LogP contribution < -0.4 is 4.74 Å². The van der Waals surface area contributed by atoms with Crippen LogP contribution in [0.4, 0.5) is 0 Å². The first kappa shape index (κ1) is 24.2. The summed E-state index contributed by atoms with van der Waals surface area (Å²) in [7, 11) is 0. The second-order valence-electron chi connectivity index (χ2n) is 9.96. The van der Waals surface area contributed by atoms with Crippen molar-refractivity contribution in [2.45, 2.75) is 76.7 Å². The molecule has 3 unspecified atom stereocenters. The summed E-state index contributed by atoms with van der Waals surface area (Å²) < 4.78 is 15.8. The van der Waals surface area contributed by atoms with E-state index in [9.17, 15) is 19.2 Å². The highest BCUT2D eigenvalue weighted by Crippen LogP contribution is 2.61. The van der Waals surface area contributed by atoms with E-state index in [0.29, 0.717) is 30.0 Å². The van der Waals surface area contributed by atoms with Gasteiger partial charge < -0.3 is 19.3 Å². The maximum Gasteiger partial charge on any atom is 0.314 e. The SMILES string of the molecule is C[C@]12CCC3c4ccc(OC(=O)CCOC=O)cc4CCC3C1CC[C@@H]2OC(=O)CCC(=O)O. The van der Waals surface area contributed by atoms with Gasteiger partial charge in [-0.15, -0.1) is 0 Å². The van der Waals surface area contributed by atoms with Crippen molar-refractivity contribution in [3.63, 3.8) is 0 Å². The number of carbonyl (C=O) groups excluding carboxylic acids is 3. The first-order valence-corrected chi connectivity index (χ1v) is 12.1. The number of benzene rings is 1. The van der Waals surface area contributed by atoms with Gasteiger partial charge in [0.25, 0.3) is 6.47 Å². The van der Waals surface area contributed by atoms with Gasteiger partial charge in [0.1, 0.15) is 18.5 Å². The molecule has 34 heavy (non-hydrogen) atoms. The van der Waals surface area contributed by atoms with Gasteiger partial charge >= 0.3 is 17.9 Å². The Morgan fingerprint density at radius 1 is 1.09 bits per heavy atom. The second kappa shape index (κ2) is 10.2. The summed E-state index contributed by atoms with van der Waals surface area (Å²) in [6.07, 6.45) is 5.36. The molecule has 0 aromatic heterocycles. The number of ether oxygens (including phenoxy) is 3. The quantitative estimate of drug-likeness (QED) is 0.250. The third-order valence-electron chi connectivity index (χ3n) is 8.15. The number of fused-ring (bicyclic) bond motifs is 5. The normalized spacial score (nSPS) is 29.2. The lowest BCUT2D eigenvalue weighted by molar-refractivity contribution is -0.159. The smallest absolute Gasteiger partial charge is 0.314 e.